The smallest absolute Gasteiger partial charge is 0.220 e. The summed E-state index contributed by atoms with van der Waals surface area (Å²) in [5, 5.41) is 14.2. The molecule has 0 amide bonds. The van der Waals surface area contributed by atoms with Crippen LogP contribution in [0.15, 0.2) is 109 Å². The first-order valence-electron chi connectivity index (χ1n) is 12.9. The number of para-hydroxylation sites is 1. The van der Waals surface area contributed by atoms with Crippen molar-refractivity contribution in [3.05, 3.63) is 120 Å². The van der Waals surface area contributed by atoms with E-state index < -0.39 is 0 Å². The molecule has 0 spiro atoms. The number of hydrogen-bond acceptors (Lipinski definition) is 4. The van der Waals surface area contributed by atoms with Gasteiger partial charge in [0.1, 0.15) is 22.8 Å². The van der Waals surface area contributed by atoms with Crippen LogP contribution in [-0.4, -0.2) is 19.6 Å². The number of nitrogens with zero attached hydrogens (tertiary/aromatic N) is 3. The summed E-state index contributed by atoms with van der Waals surface area (Å²) in [5.74, 6) is 2.08. The van der Waals surface area contributed by atoms with Crippen molar-refractivity contribution in [2.45, 2.75) is 13.8 Å². The Morgan fingerprint density at radius 3 is 2.31 bits per heavy atom. The van der Waals surface area contributed by atoms with Crippen LogP contribution in [0.1, 0.15) is 11.1 Å². The predicted molar refractivity (Wildman–Crippen MR) is 157 cm³/mol. The molecule has 3 aromatic heterocycles. The van der Waals surface area contributed by atoms with Gasteiger partial charge in [-0.3, -0.25) is 4.57 Å². The minimum Gasteiger partial charge on any atom is -0.505 e. The van der Waals surface area contributed by atoms with Crippen molar-refractivity contribution in [3.63, 3.8) is 0 Å². The Labute approximate surface area is 225 Å². The third-order valence-corrected chi connectivity index (χ3v) is 7.40. The van der Waals surface area contributed by atoms with Crippen molar-refractivity contribution in [1.29, 1.82) is 0 Å². The largest absolute Gasteiger partial charge is 0.505 e. The standard InChI is InChI=1S/C34H25N3O2/c1-21-18-28-27(23-10-4-3-5-11-23)20-32(36-33(28)34(38)22(21)2)39-24-15-16-26-25-12-6-7-13-29(25)37(30(26)19-24)31-14-8-9-17-35-31/h3-20,38H,1-2H3. The van der Waals surface area contributed by atoms with Crippen LogP contribution in [0.25, 0.3) is 49.7 Å². The van der Waals surface area contributed by atoms with Crippen molar-refractivity contribution < 1.29 is 9.84 Å². The van der Waals surface area contributed by atoms with Gasteiger partial charge in [0.15, 0.2) is 0 Å². The number of rotatable bonds is 4. The van der Waals surface area contributed by atoms with Gasteiger partial charge in [-0.05, 0) is 72.5 Å². The maximum absolute atomic E-state index is 11.1. The maximum Gasteiger partial charge on any atom is 0.220 e. The van der Waals surface area contributed by atoms with Gasteiger partial charge < -0.3 is 9.84 Å². The van der Waals surface area contributed by atoms with E-state index in [0.29, 0.717) is 17.1 Å². The topological polar surface area (TPSA) is 60.2 Å². The molecule has 0 saturated heterocycles. The summed E-state index contributed by atoms with van der Waals surface area (Å²) in [7, 11) is 0. The second-order valence-electron chi connectivity index (χ2n) is 9.76. The molecule has 5 nitrogen and oxygen atoms in total. The van der Waals surface area contributed by atoms with Gasteiger partial charge in [0, 0.05) is 34.5 Å². The van der Waals surface area contributed by atoms with E-state index in [4.69, 9.17) is 9.72 Å². The molecular weight excluding hydrogens is 482 g/mol. The maximum atomic E-state index is 11.1. The van der Waals surface area contributed by atoms with Crippen LogP contribution < -0.4 is 4.74 Å². The van der Waals surface area contributed by atoms with Gasteiger partial charge in [-0.1, -0.05) is 54.6 Å². The number of hydrogen-bond donors (Lipinski definition) is 1. The first-order chi connectivity index (χ1) is 19.1. The Bertz CT molecular complexity index is 2010. The summed E-state index contributed by atoms with van der Waals surface area (Å²) < 4.78 is 8.56. The predicted octanol–water partition coefficient (Wildman–Crippen LogP) is 8.51. The van der Waals surface area contributed by atoms with Crippen molar-refractivity contribution in [2.75, 3.05) is 0 Å². The molecule has 0 unspecified atom stereocenters. The van der Waals surface area contributed by atoms with Crippen LogP contribution in [0.2, 0.25) is 0 Å². The minimum absolute atomic E-state index is 0.179. The highest BCUT2D eigenvalue weighted by molar-refractivity contribution is 6.09. The summed E-state index contributed by atoms with van der Waals surface area (Å²) in [6.07, 6.45) is 1.80. The average Bonchev–Trinajstić information content (AvgIpc) is 3.30. The van der Waals surface area contributed by atoms with Gasteiger partial charge in [0.25, 0.3) is 0 Å². The lowest BCUT2D eigenvalue weighted by atomic mass is 9.97. The number of benzene rings is 4. The van der Waals surface area contributed by atoms with Gasteiger partial charge >= 0.3 is 0 Å². The summed E-state index contributed by atoms with van der Waals surface area (Å²) in [4.78, 5) is 9.39. The molecule has 0 fully saturated rings. The van der Waals surface area contributed by atoms with Gasteiger partial charge in [-0.15, -0.1) is 0 Å². The van der Waals surface area contributed by atoms with E-state index in [9.17, 15) is 5.11 Å². The summed E-state index contributed by atoms with van der Waals surface area (Å²) in [6.45, 7) is 3.91. The number of aromatic nitrogens is 3. The van der Waals surface area contributed by atoms with E-state index >= 15 is 0 Å². The zero-order valence-electron chi connectivity index (χ0n) is 21.6. The molecule has 4 aromatic carbocycles. The molecule has 0 aliphatic rings. The normalized spacial score (nSPS) is 11.4. The highest BCUT2D eigenvalue weighted by Gasteiger charge is 2.17. The SMILES string of the molecule is Cc1cc2c(-c3ccccc3)cc(Oc3ccc4c5ccccc5n(-c5ccccn5)c4c3)nc2c(O)c1C. The van der Waals surface area contributed by atoms with Gasteiger partial charge in [0.2, 0.25) is 5.88 Å². The molecule has 7 rings (SSSR count). The Morgan fingerprint density at radius 2 is 1.49 bits per heavy atom. The fraction of sp³-hybridized carbons (Fsp3) is 0.0588. The minimum atomic E-state index is 0.179. The molecule has 3 heterocycles. The van der Waals surface area contributed by atoms with Gasteiger partial charge in [0.05, 0.1) is 11.0 Å². The molecule has 1 N–H and O–H groups in total. The number of aromatic hydroxyl groups is 1. The zero-order valence-corrected chi connectivity index (χ0v) is 21.6. The third-order valence-electron chi connectivity index (χ3n) is 7.40. The average molecular weight is 508 g/mol. The Hall–Kier alpha value is -5.16. The fourth-order valence-corrected chi connectivity index (χ4v) is 5.32. The quantitative estimate of drug-likeness (QED) is 0.259. The van der Waals surface area contributed by atoms with E-state index in [1.165, 1.54) is 0 Å². The molecule has 5 heteroatoms. The molecule has 0 saturated carbocycles. The number of fused-ring (bicyclic) bond motifs is 4. The van der Waals surface area contributed by atoms with Gasteiger partial charge in [-0.2, -0.15) is 0 Å². The van der Waals surface area contributed by atoms with E-state index in [1.807, 2.05) is 74.5 Å². The molecule has 0 aliphatic heterocycles. The van der Waals surface area contributed by atoms with Crippen molar-refractivity contribution in [1.82, 2.24) is 14.5 Å². The number of ether oxygens (including phenoxy) is 1. The number of phenols is 1. The van der Waals surface area contributed by atoms with Crippen LogP contribution in [0.5, 0.6) is 17.4 Å². The van der Waals surface area contributed by atoms with Crippen LogP contribution in [0, 0.1) is 13.8 Å². The number of aryl methyl sites for hydroxylation is 1. The first kappa shape index (κ1) is 23.0. The van der Waals surface area contributed by atoms with Crippen molar-refractivity contribution in [2.24, 2.45) is 0 Å². The number of pyridine rings is 2. The zero-order chi connectivity index (χ0) is 26.5. The van der Waals surface area contributed by atoms with Crippen molar-refractivity contribution in [3.8, 4) is 34.3 Å². The molecule has 0 radical (unpaired) electrons. The van der Waals surface area contributed by atoms with E-state index in [-0.39, 0.29) is 5.75 Å². The monoisotopic (exact) mass is 507 g/mol. The second-order valence-corrected chi connectivity index (χ2v) is 9.76. The highest BCUT2D eigenvalue weighted by Crippen LogP contribution is 2.40. The van der Waals surface area contributed by atoms with Crippen LogP contribution >= 0.6 is 0 Å². The van der Waals surface area contributed by atoms with Crippen LogP contribution in [0.3, 0.4) is 0 Å². The second kappa shape index (κ2) is 8.99. The number of phenolic OH excluding ortho intramolecular Hbond substituents is 1. The summed E-state index contributed by atoms with van der Waals surface area (Å²) in [5.41, 5.74) is 6.41. The third kappa shape index (κ3) is 3.79. The highest BCUT2D eigenvalue weighted by atomic mass is 16.5. The molecule has 0 bridgehead atoms. The lowest BCUT2D eigenvalue weighted by molar-refractivity contribution is 0.459. The Kier molecular flexibility index (Phi) is 5.30. The molecule has 39 heavy (non-hydrogen) atoms. The summed E-state index contributed by atoms with van der Waals surface area (Å²) >= 11 is 0. The molecular formula is C34H25N3O2. The van der Waals surface area contributed by atoms with Crippen LogP contribution in [0.4, 0.5) is 0 Å². The van der Waals surface area contributed by atoms with E-state index in [1.54, 1.807) is 6.20 Å². The lowest BCUT2D eigenvalue weighted by Gasteiger charge is -2.14. The van der Waals surface area contributed by atoms with E-state index in [0.717, 1.165) is 55.3 Å². The molecule has 188 valence electrons. The molecule has 0 aliphatic carbocycles. The fourth-order valence-electron chi connectivity index (χ4n) is 5.32. The lowest BCUT2D eigenvalue weighted by Crippen LogP contribution is -1.97. The van der Waals surface area contributed by atoms with E-state index in [2.05, 4.69) is 52.0 Å². The molecule has 7 aromatic rings. The van der Waals surface area contributed by atoms with Gasteiger partial charge in [-0.25, -0.2) is 9.97 Å². The van der Waals surface area contributed by atoms with Crippen LogP contribution in [-0.2, 0) is 0 Å². The Balaban J connectivity index is 1.42. The van der Waals surface area contributed by atoms with Crippen molar-refractivity contribution >= 4 is 32.7 Å². The first-order valence-corrected chi connectivity index (χ1v) is 12.9. The Morgan fingerprint density at radius 1 is 0.718 bits per heavy atom. The summed E-state index contributed by atoms with van der Waals surface area (Å²) in [6, 6.07) is 34.5. The molecule has 0 atom stereocenters.